The molecule has 1 heterocycles. The SMILES string of the molecule is COC=C(C(=O)OCON=C(C)c1noc2ccc(OC)cc12)c1ccccc1. The zero-order valence-electron chi connectivity index (χ0n) is 16.2. The topological polar surface area (TPSA) is 92.4 Å². The number of carbonyl (C=O) groups is 1. The van der Waals surface area contributed by atoms with Crippen LogP contribution in [0.4, 0.5) is 0 Å². The lowest BCUT2D eigenvalue weighted by Gasteiger charge is -2.07. The van der Waals surface area contributed by atoms with Crippen LogP contribution in [0.2, 0.25) is 0 Å². The van der Waals surface area contributed by atoms with Crippen LogP contribution in [0.25, 0.3) is 16.5 Å². The lowest BCUT2D eigenvalue weighted by molar-refractivity contribution is -0.149. The van der Waals surface area contributed by atoms with E-state index in [1.807, 2.05) is 18.2 Å². The Kier molecular flexibility index (Phi) is 6.47. The monoisotopic (exact) mass is 396 g/mol. The van der Waals surface area contributed by atoms with Crippen LogP contribution >= 0.6 is 0 Å². The van der Waals surface area contributed by atoms with Gasteiger partial charge in [0.05, 0.1) is 25.9 Å². The van der Waals surface area contributed by atoms with E-state index in [4.69, 9.17) is 23.6 Å². The summed E-state index contributed by atoms with van der Waals surface area (Å²) in [5.41, 5.74) is 2.51. The molecule has 150 valence electrons. The predicted molar refractivity (Wildman–Crippen MR) is 106 cm³/mol. The van der Waals surface area contributed by atoms with Crippen molar-refractivity contribution in [3.8, 4) is 5.75 Å². The van der Waals surface area contributed by atoms with Gasteiger partial charge in [0.25, 0.3) is 6.79 Å². The first-order valence-electron chi connectivity index (χ1n) is 8.70. The van der Waals surface area contributed by atoms with Gasteiger partial charge >= 0.3 is 5.97 Å². The molecule has 0 saturated heterocycles. The van der Waals surface area contributed by atoms with Crippen molar-refractivity contribution in [2.45, 2.75) is 6.92 Å². The van der Waals surface area contributed by atoms with E-state index in [0.29, 0.717) is 28.3 Å². The summed E-state index contributed by atoms with van der Waals surface area (Å²) in [4.78, 5) is 17.4. The summed E-state index contributed by atoms with van der Waals surface area (Å²) in [6.45, 7) is 1.34. The third-order valence-electron chi connectivity index (χ3n) is 4.00. The molecule has 0 aliphatic carbocycles. The van der Waals surface area contributed by atoms with Crippen molar-refractivity contribution in [3.63, 3.8) is 0 Å². The molecule has 0 radical (unpaired) electrons. The van der Waals surface area contributed by atoms with Gasteiger partial charge in [-0.05, 0) is 30.7 Å². The van der Waals surface area contributed by atoms with Crippen molar-refractivity contribution in [1.29, 1.82) is 0 Å². The Bertz CT molecular complexity index is 1040. The number of rotatable bonds is 8. The highest BCUT2D eigenvalue weighted by Crippen LogP contribution is 2.24. The summed E-state index contributed by atoms with van der Waals surface area (Å²) in [5, 5.41) is 8.69. The van der Waals surface area contributed by atoms with E-state index in [1.165, 1.54) is 13.4 Å². The van der Waals surface area contributed by atoms with Crippen molar-refractivity contribution in [2.75, 3.05) is 21.0 Å². The Morgan fingerprint density at radius 3 is 2.69 bits per heavy atom. The van der Waals surface area contributed by atoms with E-state index in [2.05, 4.69) is 10.3 Å². The summed E-state index contributed by atoms with van der Waals surface area (Å²) in [7, 11) is 3.03. The quantitative estimate of drug-likeness (QED) is 0.109. The Morgan fingerprint density at radius 2 is 1.97 bits per heavy atom. The molecule has 0 fully saturated rings. The number of hydrogen-bond donors (Lipinski definition) is 0. The zero-order chi connectivity index (χ0) is 20.6. The van der Waals surface area contributed by atoms with E-state index in [-0.39, 0.29) is 12.4 Å². The summed E-state index contributed by atoms with van der Waals surface area (Å²) < 4.78 is 20.6. The molecule has 0 aliphatic heterocycles. The van der Waals surface area contributed by atoms with E-state index in [9.17, 15) is 4.79 Å². The van der Waals surface area contributed by atoms with Gasteiger partial charge in [0, 0.05) is 0 Å². The fraction of sp³-hybridized carbons (Fsp3) is 0.190. The maximum Gasteiger partial charge on any atom is 0.344 e. The van der Waals surface area contributed by atoms with Gasteiger partial charge in [0.15, 0.2) is 5.58 Å². The second-order valence-corrected chi connectivity index (χ2v) is 5.88. The molecular formula is C21H20N2O6. The molecule has 3 rings (SSSR count). The van der Waals surface area contributed by atoms with Crippen LogP contribution in [0.5, 0.6) is 5.75 Å². The van der Waals surface area contributed by atoms with Gasteiger partial charge in [-0.1, -0.05) is 40.6 Å². The van der Waals surface area contributed by atoms with Gasteiger partial charge in [0.1, 0.15) is 22.7 Å². The molecule has 0 aliphatic rings. The standard InChI is InChI=1S/C21H20N2O6/c1-14(20-17-11-16(26-3)9-10-19(17)29-23-20)22-28-13-27-21(24)18(12-25-2)15-7-5-4-6-8-15/h4-12H,13H2,1-3H3. The second-order valence-electron chi connectivity index (χ2n) is 5.88. The van der Waals surface area contributed by atoms with Crippen molar-refractivity contribution in [1.82, 2.24) is 5.16 Å². The number of benzene rings is 2. The number of oxime groups is 1. The normalized spacial score (nSPS) is 12.0. The van der Waals surface area contributed by atoms with Crippen LogP contribution in [0.3, 0.4) is 0 Å². The number of nitrogens with zero attached hydrogens (tertiary/aromatic N) is 2. The van der Waals surface area contributed by atoms with Gasteiger partial charge in [-0.3, -0.25) is 0 Å². The van der Waals surface area contributed by atoms with Crippen LogP contribution in [0, 0.1) is 0 Å². The number of fused-ring (bicyclic) bond motifs is 1. The lowest BCUT2D eigenvalue weighted by atomic mass is 10.1. The highest BCUT2D eigenvalue weighted by Gasteiger charge is 2.15. The van der Waals surface area contributed by atoms with Gasteiger partial charge in [0.2, 0.25) is 0 Å². The third-order valence-corrected chi connectivity index (χ3v) is 4.00. The fourth-order valence-electron chi connectivity index (χ4n) is 2.60. The van der Waals surface area contributed by atoms with Crippen LogP contribution in [0.15, 0.2) is 64.5 Å². The van der Waals surface area contributed by atoms with Gasteiger partial charge in [-0.2, -0.15) is 0 Å². The summed E-state index contributed by atoms with van der Waals surface area (Å²) >= 11 is 0. The first-order valence-corrected chi connectivity index (χ1v) is 8.70. The van der Waals surface area contributed by atoms with Crippen molar-refractivity contribution >= 4 is 28.2 Å². The molecule has 29 heavy (non-hydrogen) atoms. The van der Waals surface area contributed by atoms with Gasteiger partial charge < -0.3 is 23.6 Å². The molecule has 8 nitrogen and oxygen atoms in total. The maximum atomic E-state index is 12.3. The first-order chi connectivity index (χ1) is 14.1. The minimum absolute atomic E-state index is 0.270. The van der Waals surface area contributed by atoms with Gasteiger partial charge in [-0.25, -0.2) is 4.79 Å². The Morgan fingerprint density at radius 1 is 1.17 bits per heavy atom. The number of ether oxygens (including phenoxy) is 3. The molecule has 0 bridgehead atoms. The Labute approximate surface area is 167 Å². The lowest BCUT2D eigenvalue weighted by Crippen LogP contribution is -2.10. The molecule has 0 saturated carbocycles. The fourth-order valence-corrected chi connectivity index (χ4v) is 2.60. The Hall–Kier alpha value is -3.81. The van der Waals surface area contributed by atoms with Crippen molar-refractivity contribution < 1.29 is 28.4 Å². The van der Waals surface area contributed by atoms with Crippen LogP contribution in [-0.2, 0) is 19.1 Å². The zero-order valence-corrected chi connectivity index (χ0v) is 16.2. The molecule has 0 atom stereocenters. The molecule has 2 aromatic carbocycles. The van der Waals surface area contributed by atoms with E-state index < -0.39 is 5.97 Å². The molecule has 0 spiro atoms. The molecular weight excluding hydrogens is 376 g/mol. The number of methoxy groups -OCH3 is 2. The number of hydrogen-bond acceptors (Lipinski definition) is 8. The number of carbonyl (C=O) groups excluding carboxylic acids is 1. The van der Waals surface area contributed by atoms with Crippen LogP contribution in [0.1, 0.15) is 18.2 Å². The van der Waals surface area contributed by atoms with Crippen LogP contribution in [-0.4, -0.2) is 37.9 Å². The van der Waals surface area contributed by atoms with Gasteiger partial charge in [-0.15, -0.1) is 0 Å². The average Bonchev–Trinajstić information content (AvgIpc) is 3.18. The molecule has 8 heteroatoms. The number of aromatic nitrogens is 1. The molecule has 1 aromatic heterocycles. The third kappa shape index (κ3) is 4.73. The minimum Gasteiger partial charge on any atom is -0.503 e. The molecule has 0 N–H and O–H groups in total. The first kappa shape index (κ1) is 19.9. The largest absolute Gasteiger partial charge is 0.503 e. The van der Waals surface area contributed by atoms with Crippen molar-refractivity contribution in [3.05, 3.63) is 66.1 Å². The van der Waals surface area contributed by atoms with Crippen molar-refractivity contribution in [2.24, 2.45) is 5.16 Å². The minimum atomic E-state index is -0.595. The molecule has 0 unspecified atom stereocenters. The molecule has 3 aromatic rings. The molecule has 0 amide bonds. The van der Waals surface area contributed by atoms with Crippen LogP contribution < -0.4 is 4.74 Å². The van der Waals surface area contributed by atoms with E-state index in [1.54, 1.807) is 44.4 Å². The smallest absolute Gasteiger partial charge is 0.344 e. The predicted octanol–water partition coefficient (Wildman–Crippen LogP) is 3.77. The second kappa shape index (κ2) is 9.41. The Balaban J connectivity index is 1.64. The summed E-state index contributed by atoms with van der Waals surface area (Å²) in [6, 6.07) is 14.4. The maximum absolute atomic E-state index is 12.3. The average molecular weight is 396 g/mol. The number of esters is 1. The summed E-state index contributed by atoms with van der Waals surface area (Å²) in [5.74, 6) is 0.0745. The van der Waals surface area contributed by atoms with E-state index in [0.717, 1.165) is 5.39 Å². The highest BCUT2D eigenvalue weighted by atomic mass is 16.8. The summed E-state index contributed by atoms with van der Waals surface area (Å²) in [6.07, 6.45) is 1.32. The highest BCUT2D eigenvalue weighted by molar-refractivity contribution is 6.16. The van der Waals surface area contributed by atoms with E-state index >= 15 is 0 Å².